The fraction of sp³-hybridized carbons (Fsp3) is 0.944. The van der Waals surface area contributed by atoms with Crippen LogP contribution in [0, 0.1) is 0 Å². The highest BCUT2D eigenvalue weighted by molar-refractivity contribution is 5.76. The van der Waals surface area contributed by atoms with E-state index in [0.29, 0.717) is 11.9 Å². The predicted octanol–water partition coefficient (Wildman–Crippen LogP) is 4.12. The Labute approximate surface area is 131 Å². The normalized spacial score (nSPS) is 18.7. The Morgan fingerprint density at radius 1 is 1.05 bits per heavy atom. The second-order valence-electron chi connectivity index (χ2n) is 6.58. The molecule has 1 N–H and O–H groups in total. The van der Waals surface area contributed by atoms with Crippen LogP contribution in [-0.4, -0.2) is 37.0 Å². The van der Waals surface area contributed by atoms with E-state index in [2.05, 4.69) is 12.2 Å². The minimum Gasteiger partial charge on any atom is -0.342 e. The molecular formula is C18H36N2O. The maximum Gasteiger partial charge on any atom is 0.222 e. The molecule has 0 aromatic heterocycles. The van der Waals surface area contributed by atoms with Crippen LogP contribution in [0.3, 0.4) is 0 Å². The first-order valence-electron chi connectivity index (χ1n) is 9.22. The third-order valence-corrected chi connectivity index (χ3v) is 4.71. The lowest BCUT2D eigenvalue weighted by Gasteiger charge is -2.31. The number of carbonyl (C=O) groups is 1. The van der Waals surface area contributed by atoms with E-state index in [1.165, 1.54) is 57.8 Å². The molecule has 0 spiro atoms. The van der Waals surface area contributed by atoms with E-state index in [1.807, 2.05) is 11.9 Å². The van der Waals surface area contributed by atoms with Gasteiger partial charge in [-0.3, -0.25) is 4.79 Å². The van der Waals surface area contributed by atoms with Crippen molar-refractivity contribution in [3.8, 4) is 0 Å². The van der Waals surface area contributed by atoms with Crippen molar-refractivity contribution in [3.05, 3.63) is 0 Å². The van der Waals surface area contributed by atoms with Crippen LogP contribution in [0.25, 0.3) is 0 Å². The van der Waals surface area contributed by atoms with Gasteiger partial charge in [0.15, 0.2) is 0 Å². The van der Waals surface area contributed by atoms with Gasteiger partial charge >= 0.3 is 0 Å². The number of nitrogens with one attached hydrogen (secondary N) is 1. The predicted molar refractivity (Wildman–Crippen MR) is 90.5 cm³/mol. The lowest BCUT2D eigenvalue weighted by atomic mass is 10.0. The molecule has 0 saturated carbocycles. The number of hydrogen-bond donors (Lipinski definition) is 1. The summed E-state index contributed by atoms with van der Waals surface area (Å²) < 4.78 is 0. The van der Waals surface area contributed by atoms with Crippen LogP contribution in [0.15, 0.2) is 0 Å². The first-order chi connectivity index (χ1) is 10.3. The largest absolute Gasteiger partial charge is 0.342 e. The number of amides is 1. The molecular weight excluding hydrogens is 260 g/mol. The summed E-state index contributed by atoms with van der Waals surface area (Å²) in [4.78, 5) is 14.1. The summed E-state index contributed by atoms with van der Waals surface area (Å²) in [6, 6.07) is 0.421. The van der Waals surface area contributed by atoms with Gasteiger partial charge in [0.1, 0.15) is 0 Å². The SMILES string of the molecule is CCCCCCCCCCCC(=O)N(C)C1CCCNC1. The smallest absolute Gasteiger partial charge is 0.222 e. The molecule has 124 valence electrons. The maximum absolute atomic E-state index is 12.1. The van der Waals surface area contributed by atoms with E-state index in [-0.39, 0.29) is 0 Å². The summed E-state index contributed by atoms with van der Waals surface area (Å²) in [7, 11) is 1.98. The molecule has 1 heterocycles. The van der Waals surface area contributed by atoms with Crippen molar-refractivity contribution in [1.82, 2.24) is 10.2 Å². The first-order valence-corrected chi connectivity index (χ1v) is 9.22. The van der Waals surface area contributed by atoms with Crippen LogP contribution < -0.4 is 5.32 Å². The number of piperidine rings is 1. The van der Waals surface area contributed by atoms with E-state index >= 15 is 0 Å². The average Bonchev–Trinajstić information content (AvgIpc) is 2.53. The minimum absolute atomic E-state index is 0.339. The molecule has 1 aliphatic heterocycles. The lowest BCUT2D eigenvalue weighted by Crippen LogP contribution is -2.46. The van der Waals surface area contributed by atoms with Crippen molar-refractivity contribution in [2.45, 2.75) is 90.0 Å². The Morgan fingerprint density at radius 2 is 1.67 bits per heavy atom. The molecule has 21 heavy (non-hydrogen) atoms. The topological polar surface area (TPSA) is 32.3 Å². The molecule has 1 aliphatic rings. The standard InChI is InChI=1S/C18H36N2O/c1-3-4-5-6-7-8-9-10-11-14-18(21)20(2)17-13-12-15-19-16-17/h17,19H,3-16H2,1-2H3. The molecule has 0 bridgehead atoms. The molecule has 1 saturated heterocycles. The second kappa shape index (κ2) is 12.0. The number of carbonyl (C=O) groups excluding carboxylic acids is 1. The Bertz CT molecular complexity index is 262. The van der Waals surface area contributed by atoms with Crippen LogP contribution >= 0.6 is 0 Å². The molecule has 1 atom stereocenters. The van der Waals surface area contributed by atoms with Crippen molar-refractivity contribution in [2.75, 3.05) is 20.1 Å². The van der Waals surface area contributed by atoms with Gasteiger partial charge in [0.05, 0.1) is 0 Å². The van der Waals surface area contributed by atoms with Gasteiger partial charge in [0.2, 0.25) is 5.91 Å². The van der Waals surface area contributed by atoms with Crippen molar-refractivity contribution >= 4 is 5.91 Å². The molecule has 0 radical (unpaired) electrons. The van der Waals surface area contributed by atoms with E-state index in [0.717, 1.165) is 32.4 Å². The highest BCUT2D eigenvalue weighted by Gasteiger charge is 2.21. The summed E-state index contributed by atoms with van der Waals surface area (Å²) in [6.07, 6.45) is 14.9. The van der Waals surface area contributed by atoms with Crippen LogP contribution in [0.2, 0.25) is 0 Å². The highest BCUT2D eigenvalue weighted by Crippen LogP contribution is 2.13. The quantitative estimate of drug-likeness (QED) is 0.582. The van der Waals surface area contributed by atoms with Gasteiger partial charge in [-0.15, -0.1) is 0 Å². The van der Waals surface area contributed by atoms with Gasteiger partial charge in [-0.2, -0.15) is 0 Å². The van der Waals surface area contributed by atoms with Crippen molar-refractivity contribution in [2.24, 2.45) is 0 Å². The second-order valence-corrected chi connectivity index (χ2v) is 6.58. The molecule has 1 rings (SSSR count). The molecule has 0 aliphatic carbocycles. The zero-order valence-corrected chi connectivity index (χ0v) is 14.3. The number of unbranched alkanes of at least 4 members (excludes halogenated alkanes) is 8. The van der Waals surface area contributed by atoms with E-state index < -0.39 is 0 Å². The van der Waals surface area contributed by atoms with Gasteiger partial charge in [0.25, 0.3) is 0 Å². The number of hydrogen-bond acceptors (Lipinski definition) is 2. The van der Waals surface area contributed by atoms with Crippen molar-refractivity contribution < 1.29 is 4.79 Å². The van der Waals surface area contributed by atoms with Gasteiger partial charge in [-0.1, -0.05) is 58.3 Å². The first kappa shape index (κ1) is 18.5. The lowest BCUT2D eigenvalue weighted by molar-refractivity contribution is -0.132. The summed E-state index contributed by atoms with van der Waals surface area (Å²) >= 11 is 0. The molecule has 3 nitrogen and oxygen atoms in total. The third-order valence-electron chi connectivity index (χ3n) is 4.71. The molecule has 0 aromatic carbocycles. The van der Waals surface area contributed by atoms with E-state index in [1.54, 1.807) is 0 Å². The molecule has 1 amide bonds. The molecule has 1 unspecified atom stereocenters. The van der Waals surface area contributed by atoms with Gasteiger partial charge < -0.3 is 10.2 Å². The Kier molecular flexibility index (Phi) is 10.6. The van der Waals surface area contributed by atoms with Crippen LogP contribution in [0.4, 0.5) is 0 Å². The van der Waals surface area contributed by atoms with Crippen molar-refractivity contribution in [3.63, 3.8) is 0 Å². The zero-order chi connectivity index (χ0) is 15.3. The summed E-state index contributed by atoms with van der Waals surface area (Å²) in [6.45, 7) is 4.34. The Hall–Kier alpha value is -0.570. The summed E-state index contributed by atoms with van der Waals surface area (Å²) in [5.41, 5.74) is 0. The van der Waals surface area contributed by atoms with Gasteiger partial charge in [-0.05, 0) is 25.8 Å². The van der Waals surface area contributed by atoms with Gasteiger partial charge in [-0.25, -0.2) is 0 Å². The van der Waals surface area contributed by atoms with Crippen LogP contribution in [0.5, 0.6) is 0 Å². The number of nitrogens with zero attached hydrogens (tertiary/aromatic N) is 1. The minimum atomic E-state index is 0.339. The third kappa shape index (κ3) is 8.45. The van der Waals surface area contributed by atoms with Crippen LogP contribution in [-0.2, 0) is 4.79 Å². The van der Waals surface area contributed by atoms with E-state index in [9.17, 15) is 4.79 Å². The number of rotatable bonds is 11. The monoisotopic (exact) mass is 296 g/mol. The summed E-state index contributed by atoms with van der Waals surface area (Å²) in [5.74, 6) is 0.339. The maximum atomic E-state index is 12.1. The van der Waals surface area contributed by atoms with Gasteiger partial charge in [0, 0.05) is 26.1 Å². The fourth-order valence-electron chi connectivity index (χ4n) is 3.13. The fourth-order valence-corrected chi connectivity index (χ4v) is 3.13. The van der Waals surface area contributed by atoms with Crippen LogP contribution in [0.1, 0.15) is 84.0 Å². The zero-order valence-electron chi connectivity index (χ0n) is 14.3. The summed E-state index contributed by atoms with van der Waals surface area (Å²) in [5, 5.41) is 3.38. The average molecular weight is 296 g/mol. The van der Waals surface area contributed by atoms with E-state index in [4.69, 9.17) is 0 Å². The Balaban J connectivity index is 1.95. The highest BCUT2D eigenvalue weighted by atomic mass is 16.2. The molecule has 1 fully saturated rings. The Morgan fingerprint density at radius 3 is 2.24 bits per heavy atom. The number of likely N-dealkylation sites (N-methyl/N-ethyl adjacent to an activating group) is 1. The molecule has 3 heteroatoms. The molecule has 0 aromatic rings. The van der Waals surface area contributed by atoms with Crippen molar-refractivity contribution in [1.29, 1.82) is 0 Å².